The highest BCUT2D eigenvalue weighted by Gasteiger charge is 1.91. The average Bonchev–Trinajstić information content (AvgIpc) is 2.37. The van der Waals surface area contributed by atoms with Crippen LogP contribution in [0.2, 0.25) is 0 Å². The third-order valence-corrected chi connectivity index (χ3v) is 2.69. The van der Waals surface area contributed by atoms with Crippen LogP contribution >= 0.6 is 0 Å². The standard InChI is InChI=1S/C12H26O.C3H4O2/c1-2-3-4-5-6-7-8-9-10-11-12-13;1-2-3(4)5/h13H,2-12H2,1H3;2H,1H2,(H,4,5). The van der Waals surface area contributed by atoms with Crippen molar-refractivity contribution in [3.05, 3.63) is 12.7 Å². The molecule has 0 aromatic heterocycles. The Kier molecular flexibility index (Phi) is 20.1. The monoisotopic (exact) mass is 258 g/mol. The third-order valence-electron chi connectivity index (χ3n) is 2.69. The Morgan fingerprint density at radius 3 is 1.56 bits per heavy atom. The van der Waals surface area contributed by atoms with Gasteiger partial charge in [0.15, 0.2) is 0 Å². The summed E-state index contributed by atoms with van der Waals surface area (Å²) in [7, 11) is 0. The average molecular weight is 258 g/mol. The molecule has 0 heterocycles. The van der Waals surface area contributed by atoms with E-state index in [0.29, 0.717) is 6.61 Å². The van der Waals surface area contributed by atoms with Crippen molar-refractivity contribution in [1.29, 1.82) is 0 Å². The van der Waals surface area contributed by atoms with E-state index < -0.39 is 5.97 Å². The molecule has 0 atom stereocenters. The number of rotatable bonds is 11. The Hall–Kier alpha value is -0.830. The Labute approximate surface area is 112 Å². The van der Waals surface area contributed by atoms with Crippen LogP contribution in [0.25, 0.3) is 0 Å². The van der Waals surface area contributed by atoms with Gasteiger partial charge in [0.25, 0.3) is 0 Å². The van der Waals surface area contributed by atoms with E-state index >= 15 is 0 Å². The number of unbranched alkanes of at least 4 members (excludes halogenated alkanes) is 9. The summed E-state index contributed by atoms with van der Waals surface area (Å²) >= 11 is 0. The zero-order valence-corrected chi connectivity index (χ0v) is 11.9. The zero-order chi connectivity index (χ0) is 14.1. The van der Waals surface area contributed by atoms with Crippen molar-refractivity contribution in [2.24, 2.45) is 0 Å². The van der Waals surface area contributed by atoms with Crippen molar-refractivity contribution < 1.29 is 15.0 Å². The minimum Gasteiger partial charge on any atom is -0.478 e. The lowest BCUT2D eigenvalue weighted by atomic mass is 10.1. The first-order valence-electron chi connectivity index (χ1n) is 7.15. The van der Waals surface area contributed by atoms with Crippen molar-refractivity contribution >= 4 is 5.97 Å². The predicted molar refractivity (Wildman–Crippen MR) is 76.8 cm³/mol. The zero-order valence-electron chi connectivity index (χ0n) is 11.9. The topological polar surface area (TPSA) is 57.5 Å². The van der Waals surface area contributed by atoms with Gasteiger partial charge in [0.2, 0.25) is 0 Å². The first-order chi connectivity index (χ1) is 8.68. The van der Waals surface area contributed by atoms with Crippen molar-refractivity contribution in [3.8, 4) is 0 Å². The van der Waals surface area contributed by atoms with Crippen LogP contribution < -0.4 is 0 Å². The van der Waals surface area contributed by atoms with E-state index in [1.165, 1.54) is 57.8 Å². The Morgan fingerprint density at radius 1 is 0.944 bits per heavy atom. The summed E-state index contributed by atoms with van der Waals surface area (Å²) in [5.41, 5.74) is 0. The molecule has 0 aliphatic heterocycles. The number of aliphatic carboxylic acids is 1. The highest BCUT2D eigenvalue weighted by Crippen LogP contribution is 2.09. The van der Waals surface area contributed by atoms with Crippen LogP contribution in [0.3, 0.4) is 0 Å². The Morgan fingerprint density at radius 2 is 1.28 bits per heavy atom. The molecule has 3 nitrogen and oxygen atoms in total. The molecule has 0 fully saturated rings. The fraction of sp³-hybridized carbons (Fsp3) is 0.800. The summed E-state index contributed by atoms with van der Waals surface area (Å²) in [4.78, 5) is 9.25. The number of carboxylic acids is 1. The fourth-order valence-electron chi connectivity index (χ4n) is 1.60. The maximum Gasteiger partial charge on any atom is 0.327 e. The van der Waals surface area contributed by atoms with Crippen molar-refractivity contribution in [1.82, 2.24) is 0 Å². The SMILES string of the molecule is C=CC(=O)O.CCCCCCCCCCCCO. The molecule has 0 radical (unpaired) electrons. The normalized spacial score (nSPS) is 9.44. The van der Waals surface area contributed by atoms with Crippen LogP contribution in [-0.2, 0) is 4.79 Å². The maximum absolute atomic E-state index is 9.25. The minimum absolute atomic E-state index is 0.372. The largest absolute Gasteiger partial charge is 0.478 e. The van der Waals surface area contributed by atoms with E-state index in [1.807, 2.05) is 0 Å². The number of hydrogen-bond donors (Lipinski definition) is 2. The lowest BCUT2D eigenvalue weighted by Crippen LogP contribution is -1.84. The second kappa shape index (κ2) is 18.5. The molecule has 3 heteroatoms. The quantitative estimate of drug-likeness (QED) is 0.432. The van der Waals surface area contributed by atoms with Crippen LogP contribution in [0, 0.1) is 0 Å². The number of aliphatic hydroxyl groups is 1. The third kappa shape index (κ3) is 24.4. The molecule has 0 rings (SSSR count). The molecule has 108 valence electrons. The second-order valence-electron chi connectivity index (χ2n) is 4.45. The van der Waals surface area contributed by atoms with Gasteiger partial charge < -0.3 is 10.2 Å². The van der Waals surface area contributed by atoms with E-state index in [4.69, 9.17) is 10.2 Å². The molecule has 0 aliphatic rings. The van der Waals surface area contributed by atoms with Gasteiger partial charge in [-0.05, 0) is 6.42 Å². The number of carboxylic acid groups (broad SMARTS) is 1. The molecule has 0 unspecified atom stereocenters. The molecule has 0 aliphatic carbocycles. The molecule has 0 spiro atoms. The Bertz CT molecular complexity index is 169. The fourth-order valence-corrected chi connectivity index (χ4v) is 1.60. The molecule has 18 heavy (non-hydrogen) atoms. The molecule has 0 aromatic carbocycles. The summed E-state index contributed by atoms with van der Waals surface area (Å²) in [5.74, 6) is -0.981. The molecule has 0 saturated heterocycles. The van der Waals surface area contributed by atoms with Gasteiger partial charge in [-0.15, -0.1) is 0 Å². The highest BCUT2D eigenvalue weighted by molar-refractivity contribution is 5.78. The highest BCUT2D eigenvalue weighted by atomic mass is 16.4. The number of hydrogen-bond acceptors (Lipinski definition) is 2. The second-order valence-corrected chi connectivity index (χ2v) is 4.45. The van der Waals surface area contributed by atoms with Gasteiger partial charge in [0.05, 0.1) is 0 Å². The summed E-state index contributed by atoms with van der Waals surface area (Å²) in [5, 5.41) is 16.2. The molecule has 0 bridgehead atoms. The van der Waals surface area contributed by atoms with Gasteiger partial charge >= 0.3 is 5.97 Å². The van der Waals surface area contributed by atoms with Gasteiger partial charge in [-0.25, -0.2) is 4.79 Å². The van der Waals surface area contributed by atoms with Crippen LogP contribution in [0.4, 0.5) is 0 Å². The van der Waals surface area contributed by atoms with Crippen LogP contribution in [0.5, 0.6) is 0 Å². The molecule has 0 aromatic rings. The van der Waals surface area contributed by atoms with Crippen molar-refractivity contribution in [3.63, 3.8) is 0 Å². The maximum atomic E-state index is 9.25. The molecular formula is C15H30O3. The first-order valence-corrected chi connectivity index (χ1v) is 7.15. The van der Waals surface area contributed by atoms with Crippen LogP contribution in [-0.4, -0.2) is 22.8 Å². The summed E-state index contributed by atoms with van der Waals surface area (Å²) < 4.78 is 0. The first kappa shape index (κ1) is 19.5. The predicted octanol–water partition coefficient (Wildman–Crippen LogP) is 4.16. The summed E-state index contributed by atoms with van der Waals surface area (Å²) in [6, 6.07) is 0. The van der Waals surface area contributed by atoms with Crippen LogP contribution in [0.1, 0.15) is 71.1 Å². The van der Waals surface area contributed by atoms with E-state index in [1.54, 1.807) is 0 Å². The lowest BCUT2D eigenvalue weighted by molar-refractivity contribution is -0.131. The van der Waals surface area contributed by atoms with E-state index in [9.17, 15) is 4.79 Å². The van der Waals surface area contributed by atoms with E-state index in [0.717, 1.165) is 12.5 Å². The van der Waals surface area contributed by atoms with Crippen LogP contribution in [0.15, 0.2) is 12.7 Å². The number of carbonyl (C=O) groups is 1. The number of aliphatic hydroxyl groups excluding tert-OH is 1. The minimum atomic E-state index is -0.981. The van der Waals surface area contributed by atoms with E-state index in [-0.39, 0.29) is 0 Å². The van der Waals surface area contributed by atoms with Crippen molar-refractivity contribution in [2.75, 3.05) is 6.61 Å². The summed E-state index contributed by atoms with van der Waals surface area (Å²) in [6.45, 7) is 5.59. The van der Waals surface area contributed by atoms with Gasteiger partial charge in [-0.1, -0.05) is 71.3 Å². The Balaban J connectivity index is 0. The van der Waals surface area contributed by atoms with Gasteiger partial charge in [0, 0.05) is 12.7 Å². The molecule has 0 saturated carbocycles. The summed E-state index contributed by atoms with van der Waals surface area (Å²) in [6.07, 6.45) is 14.1. The van der Waals surface area contributed by atoms with Gasteiger partial charge in [-0.2, -0.15) is 0 Å². The van der Waals surface area contributed by atoms with Crippen molar-refractivity contribution in [2.45, 2.75) is 71.1 Å². The smallest absolute Gasteiger partial charge is 0.327 e. The van der Waals surface area contributed by atoms with Gasteiger partial charge in [-0.3, -0.25) is 0 Å². The van der Waals surface area contributed by atoms with E-state index in [2.05, 4.69) is 13.5 Å². The molecule has 0 amide bonds. The molecular weight excluding hydrogens is 228 g/mol. The lowest BCUT2D eigenvalue weighted by Gasteiger charge is -2.00. The molecule has 2 N–H and O–H groups in total. The van der Waals surface area contributed by atoms with Gasteiger partial charge in [0.1, 0.15) is 0 Å².